The van der Waals surface area contributed by atoms with Crippen molar-refractivity contribution in [2.75, 3.05) is 0 Å². The molecular weight excluding hydrogens is 600 g/mol. The molecule has 3 aliphatic rings. The van der Waals surface area contributed by atoms with E-state index < -0.39 is 6.10 Å². The second kappa shape index (κ2) is 14.8. The number of Topliss-reactive ketones (excluding diaryl/α,β-unsaturated/α-hetero) is 1. The minimum Gasteiger partial charge on any atom is -0.461 e. The van der Waals surface area contributed by atoms with Crippen LogP contribution in [0.1, 0.15) is 80.7 Å². The number of para-hydroxylation sites is 1. The molecule has 0 N–H and O–H groups in total. The third-order valence-corrected chi connectivity index (χ3v) is 9.82. The largest absolute Gasteiger partial charge is 0.461 e. The highest BCUT2D eigenvalue weighted by atomic mass is 16.5. The summed E-state index contributed by atoms with van der Waals surface area (Å²) in [5.74, 6) is 4.01. The molecule has 48 heavy (non-hydrogen) atoms. The maximum absolute atomic E-state index is 12.5. The van der Waals surface area contributed by atoms with Crippen molar-refractivity contribution < 1.29 is 28.6 Å². The molecule has 0 radical (unpaired) electrons. The summed E-state index contributed by atoms with van der Waals surface area (Å²) in [5.41, 5.74) is 4.72. The zero-order chi connectivity index (χ0) is 35.4. The van der Waals surface area contributed by atoms with E-state index in [0.717, 1.165) is 22.6 Å². The van der Waals surface area contributed by atoms with Gasteiger partial charge in [0.15, 0.2) is 5.78 Å². The Bertz CT molecular complexity index is 1660. The smallest absolute Gasteiger partial charge is 0.310 e. The van der Waals surface area contributed by atoms with E-state index in [1.807, 2.05) is 75.4 Å². The summed E-state index contributed by atoms with van der Waals surface area (Å²) in [5, 5.41) is 0. The van der Waals surface area contributed by atoms with E-state index in [0.29, 0.717) is 12.0 Å². The van der Waals surface area contributed by atoms with Crippen molar-refractivity contribution in [3.05, 3.63) is 94.6 Å². The Kier molecular flexibility index (Phi) is 11.3. The number of ketones is 1. The average Bonchev–Trinajstić information content (AvgIpc) is 3.72. The predicted octanol–water partition coefficient (Wildman–Crippen LogP) is 9.21. The minimum absolute atomic E-state index is 0.00385. The summed E-state index contributed by atoms with van der Waals surface area (Å²) in [6.07, 6.45) is 9.71. The molecule has 2 aromatic carbocycles. The molecule has 3 aliphatic carbocycles. The van der Waals surface area contributed by atoms with Gasteiger partial charge in [0, 0.05) is 12.0 Å². The molecule has 2 saturated carbocycles. The summed E-state index contributed by atoms with van der Waals surface area (Å²) >= 11 is 0. The Morgan fingerprint density at radius 1 is 0.854 bits per heavy atom. The lowest BCUT2D eigenvalue weighted by atomic mass is 10.1. The number of ether oxygens (including phenoxy) is 3. The predicted molar refractivity (Wildman–Crippen MR) is 189 cm³/mol. The van der Waals surface area contributed by atoms with Crippen LogP contribution in [-0.2, 0) is 30.5 Å². The Morgan fingerprint density at radius 3 is 1.98 bits per heavy atom. The molecule has 6 nitrogen and oxygen atoms in total. The SMILES string of the molecule is C#CCC1=C(C)[C@@H](OC(=O)C2C(C=C(C)C)C2(C)C)CC1=O.CC(C)=CC1C(C(=O)OCc2cccc(Oc3ccccc3)c2)C1(C)C. The molecule has 5 rings (SSSR count). The quantitative estimate of drug-likeness (QED) is 0.145. The Balaban J connectivity index is 0.000000220. The van der Waals surface area contributed by atoms with Gasteiger partial charge in [-0.1, -0.05) is 81.3 Å². The van der Waals surface area contributed by atoms with Gasteiger partial charge in [0.2, 0.25) is 0 Å². The van der Waals surface area contributed by atoms with E-state index in [1.165, 1.54) is 11.1 Å². The molecule has 6 heteroatoms. The molecule has 4 unspecified atom stereocenters. The molecule has 5 atom stereocenters. The highest BCUT2D eigenvalue weighted by molar-refractivity contribution is 6.00. The van der Waals surface area contributed by atoms with Gasteiger partial charge >= 0.3 is 11.9 Å². The van der Waals surface area contributed by atoms with Gasteiger partial charge in [-0.25, -0.2) is 0 Å². The second-order valence-corrected chi connectivity index (χ2v) is 14.9. The Labute approximate surface area is 286 Å². The monoisotopic (exact) mass is 650 g/mol. The first kappa shape index (κ1) is 36.5. The van der Waals surface area contributed by atoms with Gasteiger partial charge in [0.25, 0.3) is 0 Å². The molecule has 0 aromatic heterocycles. The molecule has 0 saturated heterocycles. The highest BCUT2D eigenvalue weighted by Gasteiger charge is 2.62. The lowest BCUT2D eigenvalue weighted by Gasteiger charge is -2.13. The third kappa shape index (κ3) is 8.55. The second-order valence-electron chi connectivity index (χ2n) is 14.9. The van der Waals surface area contributed by atoms with Crippen molar-refractivity contribution >= 4 is 17.7 Å². The van der Waals surface area contributed by atoms with Crippen LogP contribution in [0, 0.1) is 46.8 Å². The van der Waals surface area contributed by atoms with Crippen molar-refractivity contribution in [1.29, 1.82) is 0 Å². The summed E-state index contributed by atoms with van der Waals surface area (Å²) in [6, 6.07) is 17.3. The number of carbonyl (C=O) groups excluding carboxylic acids is 3. The molecule has 0 aliphatic heterocycles. The van der Waals surface area contributed by atoms with Crippen LogP contribution in [0.4, 0.5) is 0 Å². The number of allylic oxidation sites excluding steroid dienone is 5. The normalized spacial score (nSPS) is 24.2. The number of hydrogen-bond donors (Lipinski definition) is 0. The van der Waals surface area contributed by atoms with Gasteiger partial charge in [-0.05, 0) is 92.7 Å². The molecule has 254 valence electrons. The molecule has 0 amide bonds. The summed E-state index contributed by atoms with van der Waals surface area (Å²) < 4.78 is 17.0. The standard InChI is InChI=1S/C23H26O3.C19H24O3/c1-16(2)13-20-21(23(20,3)4)22(24)25-15-17-9-8-12-19(14-17)26-18-10-6-5-7-11-18;1-7-8-13-12(4)16(10-15(13)20)22-18(21)17-14(9-11(2)3)19(17,5)6/h5-14,20-21H,15H2,1-4H3;1,9,14,16-17H,8,10H2,2-6H3/t;14?,16-,17?/m.0/s1. The first-order valence-corrected chi connectivity index (χ1v) is 16.7. The average molecular weight is 651 g/mol. The van der Waals surface area contributed by atoms with E-state index in [2.05, 4.69) is 59.6 Å². The van der Waals surface area contributed by atoms with Gasteiger partial charge in [0.1, 0.15) is 24.2 Å². The van der Waals surface area contributed by atoms with E-state index >= 15 is 0 Å². The van der Waals surface area contributed by atoms with Crippen LogP contribution in [0.2, 0.25) is 0 Å². The van der Waals surface area contributed by atoms with Crippen LogP contribution in [-0.4, -0.2) is 23.8 Å². The molecule has 2 fully saturated rings. The molecule has 0 bridgehead atoms. The van der Waals surface area contributed by atoms with Crippen molar-refractivity contribution in [2.45, 2.75) is 87.9 Å². The lowest BCUT2D eigenvalue weighted by Crippen LogP contribution is -2.20. The fraction of sp³-hybridized carbons (Fsp3) is 0.452. The van der Waals surface area contributed by atoms with Crippen LogP contribution in [0.25, 0.3) is 0 Å². The summed E-state index contributed by atoms with van der Waals surface area (Å²) in [4.78, 5) is 36.9. The number of benzene rings is 2. The number of hydrogen-bond acceptors (Lipinski definition) is 6. The molecular formula is C42H50O6. The number of terminal acetylenes is 1. The van der Waals surface area contributed by atoms with Crippen molar-refractivity contribution in [2.24, 2.45) is 34.5 Å². The van der Waals surface area contributed by atoms with Crippen molar-refractivity contribution in [3.8, 4) is 23.8 Å². The first-order valence-electron chi connectivity index (χ1n) is 16.7. The lowest BCUT2D eigenvalue weighted by molar-refractivity contribution is -0.150. The number of rotatable bonds is 10. The van der Waals surface area contributed by atoms with Crippen LogP contribution in [0.5, 0.6) is 11.5 Å². The molecule has 0 spiro atoms. The van der Waals surface area contributed by atoms with Gasteiger partial charge in [-0.15, -0.1) is 12.3 Å². The minimum atomic E-state index is -0.438. The van der Waals surface area contributed by atoms with Gasteiger partial charge in [0.05, 0.1) is 18.3 Å². The van der Waals surface area contributed by atoms with Gasteiger partial charge in [-0.2, -0.15) is 0 Å². The zero-order valence-electron chi connectivity index (χ0n) is 29.9. The van der Waals surface area contributed by atoms with Gasteiger partial charge < -0.3 is 14.2 Å². The van der Waals surface area contributed by atoms with E-state index in [-0.39, 0.29) is 65.3 Å². The van der Waals surface area contributed by atoms with Crippen molar-refractivity contribution in [3.63, 3.8) is 0 Å². The Hall–Kier alpha value is -4.37. The maximum atomic E-state index is 12.5. The fourth-order valence-corrected chi connectivity index (χ4v) is 6.71. The van der Waals surface area contributed by atoms with Crippen LogP contribution in [0.15, 0.2) is 89.0 Å². The first-order chi connectivity index (χ1) is 22.6. The highest BCUT2D eigenvalue weighted by Crippen LogP contribution is 2.60. The number of esters is 2. The van der Waals surface area contributed by atoms with E-state index in [9.17, 15) is 14.4 Å². The summed E-state index contributed by atoms with van der Waals surface area (Å²) in [6.45, 7) is 18.7. The third-order valence-electron chi connectivity index (χ3n) is 9.82. The molecule has 0 heterocycles. The fourth-order valence-electron chi connectivity index (χ4n) is 6.71. The van der Waals surface area contributed by atoms with Gasteiger partial charge in [-0.3, -0.25) is 14.4 Å². The molecule has 2 aromatic rings. The van der Waals surface area contributed by atoms with Crippen LogP contribution in [0.3, 0.4) is 0 Å². The van der Waals surface area contributed by atoms with Crippen LogP contribution < -0.4 is 4.74 Å². The number of carbonyl (C=O) groups is 3. The zero-order valence-corrected chi connectivity index (χ0v) is 29.9. The maximum Gasteiger partial charge on any atom is 0.310 e. The Morgan fingerprint density at radius 2 is 1.42 bits per heavy atom. The van der Waals surface area contributed by atoms with E-state index in [4.69, 9.17) is 20.6 Å². The topological polar surface area (TPSA) is 78.9 Å². The van der Waals surface area contributed by atoms with Crippen molar-refractivity contribution in [1.82, 2.24) is 0 Å². The summed E-state index contributed by atoms with van der Waals surface area (Å²) in [7, 11) is 0. The van der Waals surface area contributed by atoms with E-state index in [1.54, 1.807) is 0 Å². The van der Waals surface area contributed by atoms with Crippen LogP contribution >= 0.6 is 0 Å².